The second kappa shape index (κ2) is 8.21. The van der Waals surface area contributed by atoms with Gasteiger partial charge in [-0.05, 0) is 49.9 Å². The quantitative estimate of drug-likeness (QED) is 0.831. The van der Waals surface area contributed by atoms with Gasteiger partial charge in [-0.3, -0.25) is 4.79 Å². The molecular formula is C20H25NOS. The molecule has 0 aliphatic heterocycles. The lowest BCUT2D eigenvalue weighted by atomic mass is 10.0. The molecule has 2 nitrogen and oxygen atoms in total. The van der Waals surface area contributed by atoms with Crippen molar-refractivity contribution in [2.24, 2.45) is 0 Å². The molecule has 2 aromatic carbocycles. The monoisotopic (exact) mass is 327 g/mol. The molecule has 0 spiro atoms. The van der Waals surface area contributed by atoms with Crippen LogP contribution in [0.3, 0.4) is 0 Å². The van der Waals surface area contributed by atoms with E-state index in [-0.39, 0.29) is 11.9 Å². The van der Waals surface area contributed by atoms with Crippen LogP contribution in [0.1, 0.15) is 40.8 Å². The molecule has 0 aliphatic rings. The van der Waals surface area contributed by atoms with E-state index in [1.165, 1.54) is 27.8 Å². The number of aryl methyl sites for hydroxylation is 3. The van der Waals surface area contributed by atoms with E-state index in [0.29, 0.717) is 5.75 Å². The van der Waals surface area contributed by atoms with E-state index in [1.807, 2.05) is 19.1 Å². The van der Waals surface area contributed by atoms with Crippen LogP contribution in [0.15, 0.2) is 42.5 Å². The molecule has 0 aromatic heterocycles. The minimum Gasteiger partial charge on any atom is -0.349 e. The Labute approximate surface area is 143 Å². The van der Waals surface area contributed by atoms with Crippen LogP contribution < -0.4 is 5.32 Å². The smallest absolute Gasteiger partial charge is 0.230 e. The van der Waals surface area contributed by atoms with Crippen molar-refractivity contribution in [1.29, 1.82) is 0 Å². The minimum absolute atomic E-state index is 0.0437. The summed E-state index contributed by atoms with van der Waals surface area (Å²) >= 11 is 1.66. The number of thioether (sulfide) groups is 1. The van der Waals surface area contributed by atoms with Crippen LogP contribution in [-0.2, 0) is 10.5 Å². The molecule has 0 saturated carbocycles. The first-order valence-electron chi connectivity index (χ1n) is 7.96. The van der Waals surface area contributed by atoms with Gasteiger partial charge in [-0.15, -0.1) is 11.8 Å². The van der Waals surface area contributed by atoms with E-state index in [0.717, 1.165) is 5.75 Å². The summed E-state index contributed by atoms with van der Waals surface area (Å²) in [5.41, 5.74) is 6.24. The lowest BCUT2D eigenvalue weighted by Crippen LogP contribution is -2.28. The summed E-state index contributed by atoms with van der Waals surface area (Å²) in [7, 11) is 0. The first-order valence-corrected chi connectivity index (χ1v) is 9.11. The van der Waals surface area contributed by atoms with Gasteiger partial charge in [0, 0.05) is 5.75 Å². The number of hydrogen-bond acceptors (Lipinski definition) is 2. The number of hydrogen-bond donors (Lipinski definition) is 1. The zero-order valence-electron chi connectivity index (χ0n) is 14.3. The van der Waals surface area contributed by atoms with Gasteiger partial charge < -0.3 is 5.32 Å². The third kappa shape index (κ3) is 5.14. The molecule has 0 saturated heterocycles. The van der Waals surface area contributed by atoms with Gasteiger partial charge in [-0.25, -0.2) is 0 Å². The SMILES string of the molecule is Cc1ccc([C@@H](C)NC(=O)CSCc2ccccc2C)c(C)c1. The Morgan fingerprint density at radius 3 is 2.52 bits per heavy atom. The molecule has 3 heteroatoms. The standard InChI is InChI=1S/C20H25NOS/c1-14-9-10-19(16(3)11-14)17(4)21-20(22)13-23-12-18-8-6-5-7-15(18)2/h5-11,17H,12-13H2,1-4H3,(H,21,22)/t17-/m1/s1. The van der Waals surface area contributed by atoms with Crippen molar-refractivity contribution in [3.63, 3.8) is 0 Å². The van der Waals surface area contributed by atoms with Crippen LogP contribution in [-0.4, -0.2) is 11.7 Å². The lowest BCUT2D eigenvalue weighted by Gasteiger charge is -2.17. The molecule has 0 bridgehead atoms. The Morgan fingerprint density at radius 2 is 1.83 bits per heavy atom. The van der Waals surface area contributed by atoms with Crippen molar-refractivity contribution < 1.29 is 4.79 Å². The van der Waals surface area contributed by atoms with Crippen LogP contribution in [0.2, 0.25) is 0 Å². The molecule has 2 rings (SSSR count). The fourth-order valence-corrected chi connectivity index (χ4v) is 3.61. The third-order valence-corrected chi connectivity index (χ3v) is 5.00. The second-order valence-corrected chi connectivity index (χ2v) is 7.05. The van der Waals surface area contributed by atoms with Crippen molar-refractivity contribution in [1.82, 2.24) is 5.32 Å². The van der Waals surface area contributed by atoms with Crippen molar-refractivity contribution in [3.8, 4) is 0 Å². The van der Waals surface area contributed by atoms with E-state index in [2.05, 4.69) is 56.4 Å². The first-order chi connectivity index (χ1) is 11.0. The number of rotatable bonds is 6. The van der Waals surface area contributed by atoms with Gasteiger partial charge in [0.1, 0.15) is 0 Å². The van der Waals surface area contributed by atoms with Gasteiger partial charge in [-0.1, -0.05) is 48.0 Å². The predicted molar refractivity (Wildman–Crippen MR) is 99.8 cm³/mol. The Bertz CT molecular complexity index is 681. The summed E-state index contributed by atoms with van der Waals surface area (Å²) in [6.07, 6.45) is 0. The third-order valence-electron chi connectivity index (χ3n) is 4.02. The molecule has 2 aromatic rings. The van der Waals surface area contributed by atoms with E-state index >= 15 is 0 Å². The van der Waals surface area contributed by atoms with Gasteiger partial charge in [0.25, 0.3) is 0 Å². The maximum absolute atomic E-state index is 12.1. The summed E-state index contributed by atoms with van der Waals surface area (Å²) < 4.78 is 0. The van der Waals surface area contributed by atoms with Gasteiger partial charge in [0.05, 0.1) is 11.8 Å². The highest BCUT2D eigenvalue weighted by Gasteiger charge is 2.12. The Hall–Kier alpha value is -1.74. The Kier molecular flexibility index (Phi) is 6.28. The van der Waals surface area contributed by atoms with Crippen LogP contribution in [0.5, 0.6) is 0 Å². The molecule has 1 N–H and O–H groups in total. The maximum atomic E-state index is 12.1. The van der Waals surface area contributed by atoms with E-state index < -0.39 is 0 Å². The zero-order chi connectivity index (χ0) is 16.8. The van der Waals surface area contributed by atoms with E-state index in [9.17, 15) is 4.79 Å². The summed E-state index contributed by atoms with van der Waals surface area (Å²) in [4.78, 5) is 12.1. The summed E-state index contributed by atoms with van der Waals surface area (Å²) in [5.74, 6) is 1.46. The van der Waals surface area contributed by atoms with Crippen LogP contribution in [0.4, 0.5) is 0 Å². The minimum atomic E-state index is 0.0437. The fraction of sp³-hybridized carbons (Fsp3) is 0.350. The highest BCUT2D eigenvalue weighted by Crippen LogP contribution is 2.19. The predicted octanol–water partition coefficient (Wildman–Crippen LogP) is 4.72. The second-order valence-electron chi connectivity index (χ2n) is 6.07. The van der Waals surface area contributed by atoms with Crippen molar-refractivity contribution in [3.05, 3.63) is 70.3 Å². The van der Waals surface area contributed by atoms with Crippen molar-refractivity contribution >= 4 is 17.7 Å². The Balaban J connectivity index is 1.83. The molecular weight excluding hydrogens is 302 g/mol. The summed E-state index contributed by atoms with van der Waals surface area (Å²) in [6.45, 7) is 8.33. The Morgan fingerprint density at radius 1 is 1.09 bits per heavy atom. The van der Waals surface area contributed by atoms with Crippen molar-refractivity contribution in [2.75, 3.05) is 5.75 Å². The molecule has 0 heterocycles. The summed E-state index contributed by atoms with van der Waals surface area (Å²) in [5, 5.41) is 3.10. The van der Waals surface area contributed by atoms with Gasteiger partial charge in [-0.2, -0.15) is 0 Å². The average Bonchev–Trinajstić information content (AvgIpc) is 2.49. The molecule has 0 unspecified atom stereocenters. The van der Waals surface area contributed by atoms with E-state index in [1.54, 1.807) is 11.8 Å². The molecule has 0 radical (unpaired) electrons. The normalized spacial score (nSPS) is 12.0. The van der Waals surface area contributed by atoms with Gasteiger partial charge in [0.2, 0.25) is 5.91 Å². The average molecular weight is 327 g/mol. The molecule has 0 aliphatic carbocycles. The maximum Gasteiger partial charge on any atom is 0.230 e. The number of benzene rings is 2. The fourth-order valence-electron chi connectivity index (χ4n) is 2.70. The molecule has 1 amide bonds. The number of nitrogens with one attached hydrogen (secondary N) is 1. The van der Waals surface area contributed by atoms with Crippen LogP contribution in [0, 0.1) is 20.8 Å². The number of carbonyl (C=O) groups is 1. The van der Waals surface area contributed by atoms with Crippen LogP contribution >= 0.6 is 11.8 Å². The largest absolute Gasteiger partial charge is 0.349 e. The molecule has 1 atom stereocenters. The lowest BCUT2D eigenvalue weighted by molar-refractivity contribution is -0.119. The highest BCUT2D eigenvalue weighted by atomic mass is 32.2. The number of carbonyl (C=O) groups excluding carboxylic acids is 1. The van der Waals surface area contributed by atoms with Crippen LogP contribution in [0.25, 0.3) is 0 Å². The molecule has 23 heavy (non-hydrogen) atoms. The first kappa shape index (κ1) is 17.6. The number of amides is 1. The molecule has 0 fully saturated rings. The van der Waals surface area contributed by atoms with Crippen molar-refractivity contribution in [2.45, 2.75) is 39.5 Å². The van der Waals surface area contributed by atoms with Gasteiger partial charge in [0.15, 0.2) is 0 Å². The zero-order valence-corrected chi connectivity index (χ0v) is 15.2. The summed E-state index contributed by atoms with van der Waals surface area (Å²) in [6, 6.07) is 14.7. The van der Waals surface area contributed by atoms with Gasteiger partial charge >= 0.3 is 0 Å². The highest BCUT2D eigenvalue weighted by molar-refractivity contribution is 7.99. The topological polar surface area (TPSA) is 29.1 Å². The molecule has 122 valence electrons. The van der Waals surface area contributed by atoms with E-state index in [4.69, 9.17) is 0 Å².